The molecule has 1 aliphatic rings. The van der Waals surface area contributed by atoms with Crippen molar-refractivity contribution in [2.45, 2.75) is 18.6 Å². The Hall–Kier alpha value is -2.88. The summed E-state index contributed by atoms with van der Waals surface area (Å²) >= 11 is 0. The first kappa shape index (κ1) is 18.9. The normalized spacial score (nSPS) is 20.3. The second-order valence-corrected chi connectivity index (χ2v) is 6.22. The SMILES string of the molecule is C[C@@]1(c2cc(NC(=O)c3coc(C(F)(F)F)c3)ccc2F)COCC(N)=N1. The Morgan fingerprint density at radius 3 is 2.70 bits per heavy atom. The van der Waals surface area contributed by atoms with Gasteiger partial charge in [0.25, 0.3) is 5.91 Å². The molecule has 0 aliphatic carbocycles. The van der Waals surface area contributed by atoms with Crippen LogP contribution in [0.4, 0.5) is 23.2 Å². The minimum absolute atomic E-state index is 0.0820. The van der Waals surface area contributed by atoms with E-state index in [0.717, 1.165) is 6.07 Å². The average Bonchev–Trinajstić information content (AvgIpc) is 3.07. The molecule has 10 heteroatoms. The van der Waals surface area contributed by atoms with Gasteiger partial charge in [0.2, 0.25) is 5.76 Å². The monoisotopic (exact) mass is 385 g/mol. The molecule has 1 aliphatic heterocycles. The lowest BCUT2D eigenvalue weighted by atomic mass is 9.92. The lowest BCUT2D eigenvalue weighted by Crippen LogP contribution is -2.38. The number of nitrogens with zero attached hydrogens (tertiary/aromatic N) is 1. The third kappa shape index (κ3) is 3.95. The van der Waals surface area contributed by atoms with E-state index in [4.69, 9.17) is 10.5 Å². The van der Waals surface area contributed by atoms with Gasteiger partial charge in [-0.05, 0) is 25.1 Å². The molecule has 1 amide bonds. The molecule has 2 aromatic rings. The van der Waals surface area contributed by atoms with Crippen molar-refractivity contribution in [2.24, 2.45) is 10.7 Å². The molecule has 144 valence electrons. The van der Waals surface area contributed by atoms with Crippen molar-refractivity contribution in [3.05, 3.63) is 53.2 Å². The molecule has 3 N–H and O–H groups in total. The molecular weight excluding hydrogens is 370 g/mol. The van der Waals surface area contributed by atoms with Gasteiger partial charge in [0, 0.05) is 17.3 Å². The van der Waals surface area contributed by atoms with E-state index >= 15 is 0 Å². The molecule has 0 saturated carbocycles. The summed E-state index contributed by atoms with van der Waals surface area (Å²) in [5, 5.41) is 2.40. The highest BCUT2D eigenvalue weighted by atomic mass is 19.4. The molecule has 1 atom stereocenters. The summed E-state index contributed by atoms with van der Waals surface area (Å²) in [5.74, 6) is -2.50. The maximum atomic E-state index is 14.3. The van der Waals surface area contributed by atoms with Crippen molar-refractivity contribution in [1.29, 1.82) is 0 Å². The number of furan rings is 1. The molecule has 6 nitrogen and oxygen atoms in total. The van der Waals surface area contributed by atoms with Crippen LogP contribution in [-0.2, 0) is 16.5 Å². The van der Waals surface area contributed by atoms with E-state index in [1.807, 2.05) is 0 Å². The van der Waals surface area contributed by atoms with Crippen LogP contribution in [0.2, 0.25) is 0 Å². The largest absolute Gasteiger partial charge is 0.459 e. The van der Waals surface area contributed by atoms with Gasteiger partial charge < -0.3 is 20.2 Å². The highest BCUT2D eigenvalue weighted by Gasteiger charge is 2.36. The Kier molecular flexibility index (Phi) is 4.68. The van der Waals surface area contributed by atoms with Gasteiger partial charge in [0.15, 0.2) is 0 Å². The van der Waals surface area contributed by atoms with Gasteiger partial charge in [-0.2, -0.15) is 13.2 Å². The van der Waals surface area contributed by atoms with E-state index in [9.17, 15) is 22.4 Å². The van der Waals surface area contributed by atoms with E-state index in [1.54, 1.807) is 6.92 Å². The fourth-order valence-corrected chi connectivity index (χ4v) is 2.70. The van der Waals surface area contributed by atoms with E-state index in [2.05, 4.69) is 14.7 Å². The van der Waals surface area contributed by atoms with Gasteiger partial charge in [0.1, 0.15) is 30.1 Å². The number of rotatable bonds is 3. The van der Waals surface area contributed by atoms with Crippen LogP contribution in [0.15, 0.2) is 39.9 Å². The molecular formula is C17H15F4N3O3. The van der Waals surface area contributed by atoms with Crippen LogP contribution in [0.1, 0.15) is 28.6 Å². The van der Waals surface area contributed by atoms with Crippen molar-refractivity contribution >= 4 is 17.4 Å². The number of amides is 1. The molecule has 1 aromatic carbocycles. The zero-order valence-corrected chi connectivity index (χ0v) is 14.1. The van der Waals surface area contributed by atoms with Gasteiger partial charge in [-0.15, -0.1) is 0 Å². The zero-order chi connectivity index (χ0) is 19.8. The maximum absolute atomic E-state index is 14.3. The number of hydrogen-bond acceptors (Lipinski definition) is 5. The van der Waals surface area contributed by atoms with Gasteiger partial charge in [-0.25, -0.2) is 4.39 Å². The predicted molar refractivity (Wildman–Crippen MR) is 87.9 cm³/mol. The summed E-state index contributed by atoms with van der Waals surface area (Å²) in [6, 6.07) is 4.32. The van der Waals surface area contributed by atoms with Crippen molar-refractivity contribution in [3.63, 3.8) is 0 Å². The lowest BCUT2D eigenvalue weighted by molar-refractivity contribution is -0.153. The molecule has 2 heterocycles. The number of benzene rings is 1. The minimum atomic E-state index is -4.70. The van der Waals surface area contributed by atoms with Crippen molar-refractivity contribution in [1.82, 2.24) is 0 Å². The number of aliphatic imine (C=N–C) groups is 1. The maximum Gasteiger partial charge on any atom is 0.449 e. The van der Waals surface area contributed by atoms with E-state index in [1.165, 1.54) is 12.1 Å². The second-order valence-electron chi connectivity index (χ2n) is 6.22. The molecule has 0 radical (unpaired) electrons. The fourth-order valence-electron chi connectivity index (χ4n) is 2.70. The van der Waals surface area contributed by atoms with E-state index < -0.39 is 29.2 Å². The van der Waals surface area contributed by atoms with Crippen LogP contribution in [0.5, 0.6) is 0 Å². The molecule has 0 bridgehead atoms. The number of amidine groups is 1. The predicted octanol–water partition coefficient (Wildman–Crippen LogP) is 3.29. The molecule has 0 fully saturated rings. The van der Waals surface area contributed by atoms with E-state index in [-0.39, 0.29) is 35.9 Å². The van der Waals surface area contributed by atoms with Gasteiger partial charge in [-0.3, -0.25) is 9.79 Å². The molecule has 0 unspecified atom stereocenters. The molecule has 27 heavy (non-hydrogen) atoms. The molecule has 0 spiro atoms. The smallest absolute Gasteiger partial charge is 0.449 e. The topological polar surface area (TPSA) is 89.8 Å². The summed E-state index contributed by atoms with van der Waals surface area (Å²) in [6.45, 7) is 1.84. The van der Waals surface area contributed by atoms with Crippen LogP contribution in [0, 0.1) is 5.82 Å². The molecule has 1 aromatic heterocycles. The Morgan fingerprint density at radius 2 is 2.07 bits per heavy atom. The Bertz CT molecular complexity index is 907. The number of ether oxygens (including phenoxy) is 1. The number of nitrogens with two attached hydrogens (primary N) is 1. The van der Waals surface area contributed by atoms with E-state index in [0.29, 0.717) is 12.3 Å². The number of carbonyl (C=O) groups excluding carboxylic acids is 1. The summed E-state index contributed by atoms with van der Waals surface area (Å²) in [7, 11) is 0. The summed E-state index contributed by atoms with van der Waals surface area (Å²) in [6.07, 6.45) is -4.00. The van der Waals surface area contributed by atoms with Crippen molar-refractivity contribution < 1.29 is 31.5 Å². The number of anilines is 1. The second kappa shape index (κ2) is 6.69. The first-order valence-corrected chi connectivity index (χ1v) is 7.77. The summed E-state index contributed by atoms with van der Waals surface area (Å²) < 4.78 is 61.7. The zero-order valence-electron chi connectivity index (χ0n) is 14.1. The lowest BCUT2D eigenvalue weighted by Gasteiger charge is -2.30. The van der Waals surface area contributed by atoms with Crippen molar-refractivity contribution in [2.75, 3.05) is 18.5 Å². The molecule has 0 saturated heterocycles. The third-order valence-electron chi connectivity index (χ3n) is 3.97. The van der Waals surface area contributed by atoms with Gasteiger partial charge in [0.05, 0.1) is 12.2 Å². The Morgan fingerprint density at radius 1 is 1.33 bits per heavy atom. The number of hydrogen-bond donors (Lipinski definition) is 2. The number of nitrogens with one attached hydrogen (secondary N) is 1. The average molecular weight is 385 g/mol. The standard InChI is InChI=1S/C17H15F4N3O3/c1-16(8-26-7-14(22)24-16)11-5-10(2-3-12(11)18)23-15(25)9-4-13(27-6-9)17(19,20)21/h2-6H,7-8H2,1H3,(H2,22,24)(H,23,25)/t16-/m0/s1. The summed E-state index contributed by atoms with van der Waals surface area (Å²) in [5.41, 5.74) is 4.56. The fraction of sp³-hybridized carbons (Fsp3) is 0.294. The highest BCUT2D eigenvalue weighted by molar-refractivity contribution is 6.04. The summed E-state index contributed by atoms with van der Waals surface area (Å²) in [4.78, 5) is 16.4. The van der Waals surface area contributed by atoms with Crippen LogP contribution in [0.3, 0.4) is 0 Å². The highest BCUT2D eigenvalue weighted by Crippen LogP contribution is 2.33. The number of alkyl halides is 3. The van der Waals surface area contributed by atoms with Crippen LogP contribution in [0.25, 0.3) is 0 Å². The Balaban J connectivity index is 1.85. The number of halogens is 4. The van der Waals surface area contributed by atoms with Gasteiger partial charge in [-0.1, -0.05) is 0 Å². The van der Waals surface area contributed by atoms with Crippen LogP contribution >= 0.6 is 0 Å². The molecule has 3 rings (SSSR count). The Labute approximate surface area is 151 Å². The van der Waals surface area contributed by atoms with Crippen LogP contribution < -0.4 is 11.1 Å². The quantitative estimate of drug-likeness (QED) is 0.794. The minimum Gasteiger partial charge on any atom is -0.459 e. The first-order chi connectivity index (χ1) is 12.6. The first-order valence-electron chi connectivity index (χ1n) is 7.77. The van der Waals surface area contributed by atoms with Crippen molar-refractivity contribution in [3.8, 4) is 0 Å². The third-order valence-corrected chi connectivity index (χ3v) is 3.97. The van der Waals surface area contributed by atoms with Crippen LogP contribution in [-0.4, -0.2) is 25.0 Å². The van der Waals surface area contributed by atoms with Gasteiger partial charge >= 0.3 is 6.18 Å². The number of carbonyl (C=O) groups is 1.